The van der Waals surface area contributed by atoms with Gasteiger partial charge in [-0.05, 0) is 54.8 Å². The second-order valence-corrected chi connectivity index (χ2v) is 4.29. The fourth-order valence-corrected chi connectivity index (χ4v) is 1.79. The molecule has 0 spiro atoms. The number of hydrogen-bond acceptors (Lipinski definition) is 3. The van der Waals surface area contributed by atoms with E-state index in [1.54, 1.807) is 0 Å². The predicted molar refractivity (Wildman–Crippen MR) is 71.9 cm³/mol. The third kappa shape index (κ3) is 2.97. The van der Waals surface area contributed by atoms with Crippen molar-refractivity contribution in [2.45, 2.75) is 20.4 Å². The molecular formula is C14H17N3. The van der Waals surface area contributed by atoms with Gasteiger partial charge < -0.3 is 11.1 Å². The normalized spacial score (nSPS) is 10.2. The van der Waals surface area contributed by atoms with Crippen molar-refractivity contribution in [1.29, 1.82) is 0 Å². The van der Waals surface area contributed by atoms with Gasteiger partial charge in [-0.2, -0.15) is 0 Å². The lowest BCUT2D eigenvalue weighted by Crippen LogP contribution is -2.02. The first-order chi connectivity index (χ1) is 8.15. The van der Waals surface area contributed by atoms with Gasteiger partial charge in [-0.15, -0.1) is 0 Å². The van der Waals surface area contributed by atoms with Crippen LogP contribution in [-0.4, -0.2) is 4.98 Å². The molecule has 0 aliphatic carbocycles. The molecule has 0 radical (unpaired) electrons. The van der Waals surface area contributed by atoms with E-state index in [0.717, 1.165) is 23.5 Å². The van der Waals surface area contributed by atoms with Crippen LogP contribution in [0.5, 0.6) is 0 Å². The van der Waals surface area contributed by atoms with Crippen LogP contribution >= 0.6 is 0 Å². The molecular weight excluding hydrogens is 210 g/mol. The Morgan fingerprint density at radius 2 is 2.06 bits per heavy atom. The monoisotopic (exact) mass is 227 g/mol. The second kappa shape index (κ2) is 4.87. The first kappa shape index (κ1) is 11.5. The van der Waals surface area contributed by atoms with E-state index in [-0.39, 0.29) is 0 Å². The smallest absolute Gasteiger partial charge is 0.0418 e. The Bertz CT molecular complexity index is 500. The molecule has 0 unspecified atom stereocenters. The number of nitrogens with one attached hydrogen (secondary N) is 1. The number of rotatable bonds is 3. The summed E-state index contributed by atoms with van der Waals surface area (Å²) in [6.45, 7) is 4.89. The molecule has 0 fully saturated rings. The Kier molecular flexibility index (Phi) is 3.28. The third-order valence-corrected chi connectivity index (χ3v) is 2.73. The van der Waals surface area contributed by atoms with Crippen LogP contribution in [0.25, 0.3) is 0 Å². The Balaban J connectivity index is 2.10. The largest absolute Gasteiger partial charge is 0.399 e. The molecule has 1 heterocycles. The van der Waals surface area contributed by atoms with Crippen molar-refractivity contribution in [2.75, 3.05) is 11.1 Å². The van der Waals surface area contributed by atoms with Crippen molar-refractivity contribution in [1.82, 2.24) is 4.98 Å². The summed E-state index contributed by atoms with van der Waals surface area (Å²) in [6, 6.07) is 8.00. The Labute approximate surface area is 102 Å². The van der Waals surface area contributed by atoms with Crippen molar-refractivity contribution in [2.24, 2.45) is 0 Å². The van der Waals surface area contributed by atoms with Gasteiger partial charge in [0.25, 0.3) is 0 Å². The number of aromatic nitrogens is 1. The predicted octanol–water partition coefficient (Wildman–Crippen LogP) is 2.89. The third-order valence-electron chi connectivity index (χ3n) is 2.73. The SMILES string of the molecule is Cc1cc(N)cc(NCc2cnccc2C)c1. The van der Waals surface area contributed by atoms with Crippen LogP contribution < -0.4 is 11.1 Å². The van der Waals surface area contributed by atoms with Gasteiger partial charge >= 0.3 is 0 Å². The molecule has 0 atom stereocenters. The number of hydrogen-bond donors (Lipinski definition) is 2. The molecule has 2 aromatic rings. The van der Waals surface area contributed by atoms with Crippen molar-refractivity contribution in [3.63, 3.8) is 0 Å². The highest BCUT2D eigenvalue weighted by Crippen LogP contribution is 2.17. The number of nitrogen functional groups attached to an aromatic ring is 1. The molecule has 0 saturated heterocycles. The van der Waals surface area contributed by atoms with Crippen LogP contribution in [0.4, 0.5) is 11.4 Å². The standard InChI is InChI=1S/C14H17N3/c1-10-5-13(15)7-14(6-10)17-9-12-8-16-4-3-11(12)2/h3-8,17H,9,15H2,1-2H3. The number of nitrogens with two attached hydrogens (primary N) is 1. The molecule has 88 valence electrons. The summed E-state index contributed by atoms with van der Waals surface area (Å²) in [6.07, 6.45) is 3.70. The van der Waals surface area contributed by atoms with Crippen LogP contribution in [0, 0.1) is 13.8 Å². The van der Waals surface area contributed by atoms with Crippen LogP contribution in [0.3, 0.4) is 0 Å². The molecule has 0 bridgehead atoms. The van der Waals surface area contributed by atoms with Crippen LogP contribution in [0.2, 0.25) is 0 Å². The highest BCUT2D eigenvalue weighted by molar-refractivity contribution is 5.56. The molecule has 1 aromatic heterocycles. The summed E-state index contributed by atoms with van der Waals surface area (Å²) in [7, 11) is 0. The molecule has 1 aromatic carbocycles. The molecule has 0 saturated carbocycles. The van der Waals surface area contributed by atoms with E-state index >= 15 is 0 Å². The number of pyridine rings is 1. The van der Waals surface area contributed by atoms with E-state index in [2.05, 4.69) is 23.3 Å². The summed E-state index contributed by atoms with van der Waals surface area (Å²) in [5.74, 6) is 0. The van der Waals surface area contributed by atoms with Crippen molar-refractivity contribution in [3.05, 3.63) is 53.3 Å². The first-order valence-electron chi connectivity index (χ1n) is 5.65. The van der Waals surface area contributed by atoms with E-state index in [4.69, 9.17) is 5.73 Å². The number of aryl methyl sites for hydroxylation is 2. The topological polar surface area (TPSA) is 50.9 Å². The van der Waals surface area contributed by atoms with Gasteiger partial charge in [-0.25, -0.2) is 0 Å². The molecule has 3 heteroatoms. The number of benzene rings is 1. The zero-order valence-corrected chi connectivity index (χ0v) is 10.2. The first-order valence-corrected chi connectivity index (χ1v) is 5.65. The maximum absolute atomic E-state index is 5.81. The minimum Gasteiger partial charge on any atom is -0.399 e. The lowest BCUT2D eigenvalue weighted by molar-refractivity contribution is 1.08. The Hall–Kier alpha value is -2.03. The van der Waals surface area contributed by atoms with E-state index in [1.165, 1.54) is 11.1 Å². The summed E-state index contributed by atoms with van der Waals surface area (Å²) >= 11 is 0. The van der Waals surface area contributed by atoms with Crippen LogP contribution in [0.15, 0.2) is 36.7 Å². The minimum absolute atomic E-state index is 0.766. The Morgan fingerprint density at radius 1 is 1.24 bits per heavy atom. The molecule has 0 aliphatic rings. The highest BCUT2D eigenvalue weighted by atomic mass is 14.9. The zero-order chi connectivity index (χ0) is 12.3. The summed E-state index contributed by atoms with van der Waals surface area (Å²) in [5.41, 5.74) is 11.2. The fourth-order valence-electron chi connectivity index (χ4n) is 1.79. The molecule has 2 rings (SSSR count). The highest BCUT2D eigenvalue weighted by Gasteiger charge is 1.99. The van der Waals surface area contributed by atoms with E-state index in [0.29, 0.717) is 0 Å². The van der Waals surface area contributed by atoms with Gasteiger partial charge in [0.05, 0.1) is 0 Å². The van der Waals surface area contributed by atoms with Gasteiger partial charge in [0.2, 0.25) is 0 Å². The van der Waals surface area contributed by atoms with Gasteiger partial charge in [0.15, 0.2) is 0 Å². The van der Waals surface area contributed by atoms with E-state index < -0.39 is 0 Å². The minimum atomic E-state index is 0.766. The van der Waals surface area contributed by atoms with Gasteiger partial charge in [-0.1, -0.05) is 0 Å². The molecule has 0 aliphatic heterocycles. The fraction of sp³-hybridized carbons (Fsp3) is 0.214. The second-order valence-electron chi connectivity index (χ2n) is 4.29. The van der Waals surface area contributed by atoms with Gasteiger partial charge in [0, 0.05) is 30.3 Å². The average molecular weight is 227 g/mol. The molecule has 0 amide bonds. The number of anilines is 2. The van der Waals surface area contributed by atoms with Gasteiger partial charge in [0.1, 0.15) is 0 Å². The lowest BCUT2D eigenvalue weighted by Gasteiger charge is -2.10. The maximum Gasteiger partial charge on any atom is 0.0418 e. The maximum atomic E-state index is 5.81. The number of nitrogens with zero attached hydrogens (tertiary/aromatic N) is 1. The van der Waals surface area contributed by atoms with Crippen molar-refractivity contribution < 1.29 is 0 Å². The summed E-state index contributed by atoms with van der Waals surface area (Å²) < 4.78 is 0. The lowest BCUT2D eigenvalue weighted by atomic mass is 10.1. The van der Waals surface area contributed by atoms with E-state index in [9.17, 15) is 0 Å². The molecule has 3 N–H and O–H groups in total. The van der Waals surface area contributed by atoms with Crippen LogP contribution in [0.1, 0.15) is 16.7 Å². The zero-order valence-electron chi connectivity index (χ0n) is 10.2. The molecule has 17 heavy (non-hydrogen) atoms. The average Bonchev–Trinajstić information content (AvgIpc) is 2.27. The summed E-state index contributed by atoms with van der Waals surface area (Å²) in [4.78, 5) is 4.13. The van der Waals surface area contributed by atoms with Crippen molar-refractivity contribution >= 4 is 11.4 Å². The summed E-state index contributed by atoms with van der Waals surface area (Å²) in [5, 5.41) is 3.36. The Morgan fingerprint density at radius 3 is 2.76 bits per heavy atom. The quantitative estimate of drug-likeness (QED) is 0.793. The van der Waals surface area contributed by atoms with Crippen LogP contribution in [-0.2, 0) is 6.54 Å². The molecule has 3 nitrogen and oxygen atoms in total. The van der Waals surface area contributed by atoms with Crippen molar-refractivity contribution in [3.8, 4) is 0 Å². The van der Waals surface area contributed by atoms with E-state index in [1.807, 2.05) is 37.5 Å². The van der Waals surface area contributed by atoms with Gasteiger partial charge in [-0.3, -0.25) is 4.98 Å².